The van der Waals surface area contributed by atoms with Gasteiger partial charge in [-0.1, -0.05) is 40.2 Å². The third-order valence-electron chi connectivity index (χ3n) is 5.02. The number of sulfone groups is 1. The maximum atomic E-state index is 12.2. The molecule has 0 atom stereocenters. The summed E-state index contributed by atoms with van der Waals surface area (Å²) in [6, 6.07) is 13.1. The van der Waals surface area contributed by atoms with Crippen LogP contribution in [0.4, 0.5) is 0 Å². The standard InChI is InChI=1S/C20H18BrNO4S/c21-15-5-6-18-16(9-15)17-12-27(25,26)8-7-19(17)22(18)10-13-1-3-14(4-2-13)20(24)11-23/h1-6,9,23H,7-8,10-12H2. The zero-order valence-corrected chi connectivity index (χ0v) is 16.9. The van der Waals surface area contributed by atoms with Crippen molar-refractivity contribution in [3.63, 3.8) is 0 Å². The van der Waals surface area contributed by atoms with E-state index in [4.69, 9.17) is 5.11 Å². The maximum absolute atomic E-state index is 12.2. The number of halogens is 1. The number of hydrogen-bond acceptors (Lipinski definition) is 4. The minimum Gasteiger partial charge on any atom is -0.388 e. The Balaban J connectivity index is 1.79. The second-order valence-corrected chi connectivity index (χ2v) is 9.89. The minimum absolute atomic E-state index is 0.0756. The first kappa shape index (κ1) is 18.4. The molecule has 1 aliphatic rings. The SMILES string of the molecule is O=C(CO)c1ccc(Cn2c3c(c4cc(Br)ccc42)CS(=O)(=O)CC3)cc1. The fraction of sp³-hybridized carbons (Fsp3) is 0.250. The van der Waals surface area contributed by atoms with Gasteiger partial charge in [-0.05, 0) is 29.3 Å². The number of aromatic nitrogens is 1. The Hall–Kier alpha value is -1.96. The summed E-state index contributed by atoms with van der Waals surface area (Å²) in [5, 5.41) is 9.94. The molecule has 0 bridgehead atoms. The first-order valence-corrected chi connectivity index (χ1v) is 11.2. The van der Waals surface area contributed by atoms with Crippen LogP contribution in [0.1, 0.15) is 27.2 Å². The summed E-state index contributed by atoms with van der Waals surface area (Å²) in [6.07, 6.45) is 0.505. The molecule has 0 radical (unpaired) electrons. The second kappa shape index (κ2) is 6.89. The van der Waals surface area contributed by atoms with Gasteiger partial charge in [0.25, 0.3) is 0 Å². The van der Waals surface area contributed by atoms with Crippen LogP contribution < -0.4 is 0 Å². The van der Waals surface area contributed by atoms with Gasteiger partial charge in [0.15, 0.2) is 15.6 Å². The van der Waals surface area contributed by atoms with Crippen molar-refractivity contribution in [1.82, 2.24) is 4.57 Å². The number of fused-ring (bicyclic) bond motifs is 3. The third kappa shape index (κ3) is 3.47. The molecule has 0 saturated carbocycles. The molecule has 27 heavy (non-hydrogen) atoms. The topological polar surface area (TPSA) is 76.4 Å². The van der Waals surface area contributed by atoms with Gasteiger partial charge in [0.1, 0.15) is 6.61 Å². The average Bonchev–Trinajstić information content (AvgIpc) is 2.93. The Labute approximate surface area is 165 Å². The molecule has 0 aliphatic carbocycles. The largest absolute Gasteiger partial charge is 0.388 e. The van der Waals surface area contributed by atoms with Gasteiger partial charge in [-0.2, -0.15) is 0 Å². The van der Waals surface area contributed by atoms with E-state index in [9.17, 15) is 13.2 Å². The number of rotatable bonds is 4. The van der Waals surface area contributed by atoms with Gasteiger partial charge in [-0.15, -0.1) is 0 Å². The Kier molecular flexibility index (Phi) is 4.70. The van der Waals surface area contributed by atoms with Crippen molar-refractivity contribution < 1.29 is 18.3 Å². The van der Waals surface area contributed by atoms with Gasteiger partial charge in [-0.3, -0.25) is 4.79 Å². The molecule has 3 aromatic rings. The lowest BCUT2D eigenvalue weighted by Gasteiger charge is -2.17. The first-order valence-electron chi connectivity index (χ1n) is 8.61. The van der Waals surface area contributed by atoms with E-state index in [-0.39, 0.29) is 17.3 Å². The predicted octanol–water partition coefficient (Wildman–Crippen LogP) is 3.10. The molecule has 7 heteroatoms. The van der Waals surface area contributed by atoms with E-state index in [2.05, 4.69) is 20.5 Å². The summed E-state index contributed by atoms with van der Waals surface area (Å²) in [5.41, 5.74) is 4.46. The van der Waals surface area contributed by atoms with Crippen molar-refractivity contribution >= 4 is 42.5 Å². The van der Waals surface area contributed by atoms with Gasteiger partial charge >= 0.3 is 0 Å². The molecule has 0 spiro atoms. The highest BCUT2D eigenvalue weighted by molar-refractivity contribution is 9.10. The molecule has 1 aliphatic heterocycles. The van der Waals surface area contributed by atoms with Crippen molar-refractivity contribution in [2.45, 2.75) is 18.7 Å². The lowest BCUT2D eigenvalue weighted by Crippen LogP contribution is -2.20. The summed E-state index contributed by atoms with van der Waals surface area (Å²) in [6.45, 7) is 0.0968. The summed E-state index contributed by atoms with van der Waals surface area (Å²) in [4.78, 5) is 11.6. The van der Waals surface area contributed by atoms with Gasteiger partial charge in [0, 0.05) is 39.6 Å². The molecule has 140 valence electrons. The van der Waals surface area contributed by atoms with E-state index in [1.807, 2.05) is 30.3 Å². The van der Waals surface area contributed by atoms with E-state index in [1.165, 1.54) is 0 Å². The zero-order chi connectivity index (χ0) is 19.2. The number of ketones is 1. The number of hydrogen-bond donors (Lipinski definition) is 1. The number of carbonyl (C=O) groups excluding carboxylic acids is 1. The molecule has 2 heterocycles. The smallest absolute Gasteiger partial charge is 0.188 e. The van der Waals surface area contributed by atoms with E-state index in [1.54, 1.807) is 12.1 Å². The van der Waals surface area contributed by atoms with E-state index in [0.717, 1.165) is 32.2 Å². The molecular weight excluding hydrogens is 430 g/mol. The number of carbonyl (C=O) groups is 1. The molecule has 0 amide bonds. The van der Waals surface area contributed by atoms with Crippen molar-refractivity contribution in [3.05, 3.63) is 69.3 Å². The zero-order valence-electron chi connectivity index (χ0n) is 14.5. The highest BCUT2D eigenvalue weighted by atomic mass is 79.9. The molecule has 1 aromatic heterocycles. The average molecular weight is 448 g/mol. The van der Waals surface area contributed by atoms with Crippen LogP contribution in [0.3, 0.4) is 0 Å². The number of nitrogens with zero attached hydrogens (tertiary/aromatic N) is 1. The molecule has 0 saturated heterocycles. The van der Waals surface area contributed by atoms with E-state index < -0.39 is 16.4 Å². The van der Waals surface area contributed by atoms with Gasteiger partial charge in [-0.25, -0.2) is 8.42 Å². The fourth-order valence-electron chi connectivity index (χ4n) is 3.69. The molecular formula is C20H18BrNO4S. The molecule has 5 nitrogen and oxygen atoms in total. The van der Waals surface area contributed by atoms with E-state index >= 15 is 0 Å². The third-order valence-corrected chi connectivity index (χ3v) is 7.07. The van der Waals surface area contributed by atoms with Crippen LogP contribution in [-0.4, -0.2) is 36.2 Å². The van der Waals surface area contributed by atoms with Crippen LogP contribution in [0.15, 0.2) is 46.9 Å². The van der Waals surface area contributed by atoms with Crippen LogP contribution in [0, 0.1) is 0 Å². The van der Waals surface area contributed by atoms with Crippen LogP contribution in [0.5, 0.6) is 0 Å². The Morgan fingerprint density at radius 1 is 1.15 bits per heavy atom. The second-order valence-electron chi connectivity index (χ2n) is 6.79. The molecule has 0 fully saturated rings. The molecule has 2 aromatic carbocycles. The highest BCUT2D eigenvalue weighted by Crippen LogP contribution is 2.34. The minimum atomic E-state index is -3.07. The van der Waals surface area contributed by atoms with Gasteiger partial charge < -0.3 is 9.67 Å². The predicted molar refractivity (Wildman–Crippen MR) is 108 cm³/mol. The van der Waals surface area contributed by atoms with Crippen LogP contribution in [0.2, 0.25) is 0 Å². The van der Waals surface area contributed by atoms with Crippen LogP contribution >= 0.6 is 15.9 Å². The van der Waals surface area contributed by atoms with Crippen molar-refractivity contribution in [2.75, 3.05) is 12.4 Å². The highest BCUT2D eigenvalue weighted by Gasteiger charge is 2.27. The molecule has 4 rings (SSSR count). The lowest BCUT2D eigenvalue weighted by molar-refractivity contribution is 0.0903. The summed E-state index contributed by atoms with van der Waals surface area (Å²) < 4.78 is 27.4. The quantitative estimate of drug-likeness (QED) is 0.623. The van der Waals surface area contributed by atoms with Crippen LogP contribution in [0.25, 0.3) is 10.9 Å². The van der Waals surface area contributed by atoms with Crippen LogP contribution in [-0.2, 0) is 28.6 Å². The first-order chi connectivity index (χ1) is 12.9. The normalized spacial score (nSPS) is 15.6. The number of aliphatic hydroxyl groups is 1. The number of benzene rings is 2. The number of aliphatic hydroxyl groups excluding tert-OH is 1. The van der Waals surface area contributed by atoms with Crippen molar-refractivity contribution in [1.29, 1.82) is 0 Å². The molecule has 0 unspecified atom stereocenters. The lowest BCUT2D eigenvalue weighted by atomic mass is 10.1. The van der Waals surface area contributed by atoms with E-state index in [0.29, 0.717) is 18.5 Å². The molecule has 1 N–H and O–H groups in total. The fourth-order valence-corrected chi connectivity index (χ4v) is 5.46. The summed E-state index contributed by atoms with van der Waals surface area (Å²) in [7, 11) is -3.07. The van der Waals surface area contributed by atoms with Crippen molar-refractivity contribution in [3.8, 4) is 0 Å². The number of Topliss-reactive ketones (excluding diaryl/α,β-unsaturated/α-hetero) is 1. The Morgan fingerprint density at radius 2 is 1.89 bits per heavy atom. The van der Waals surface area contributed by atoms with Gasteiger partial charge in [0.05, 0.1) is 11.5 Å². The summed E-state index contributed by atoms with van der Waals surface area (Å²) in [5.74, 6) is -0.0615. The Morgan fingerprint density at radius 3 is 2.59 bits per heavy atom. The summed E-state index contributed by atoms with van der Waals surface area (Å²) >= 11 is 3.48. The van der Waals surface area contributed by atoms with Gasteiger partial charge in [0.2, 0.25) is 0 Å². The van der Waals surface area contributed by atoms with Crippen molar-refractivity contribution in [2.24, 2.45) is 0 Å². The Bertz CT molecular complexity index is 1150. The monoisotopic (exact) mass is 447 g/mol. The maximum Gasteiger partial charge on any atom is 0.188 e.